The maximum atomic E-state index is 10.9. The third kappa shape index (κ3) is 2.06. The van der Waals surface area contributed by atoms with Crippen LogP contribution in [0.15, 0.2) is 12.1 Å². The molecule has 0 amide bonds. The second-order valence-corrected chi connectivity index (χ2v) is 5.15. The molecule has 2 aromatic rings. The molecule has 0 spiro atoms. The largest absolute Gasteiger partial charge is 0.477 e. The topological polar surface area (TPSA) is 55.1 Å². The van der Waals surface area contributed by atoms with E-state index in [9.17, 15) is 4.79 Å². The summed E-state index contributed by atoms with van der Waals surface area (Å²) < 4.78 is 1.90. The lowest BCUT2D eigenvalue weighted by Crippen LogP contribution is -1.96. The van der Waals surface area contributed by atoms with E-state index in [1.165, 1.54) is 11.3 Å². The molecule has 2 heterocycles. The zero-order valence-electron chi connectivity index (χ0n) is 10.7. The Balaban J connectivity index is 2.57. The van der Waals surface area contributed by atoms with Crippen LogP contribution >= 0.6 is 11.3 Å². The van der Waals surface area contributed by atoms with Crippen molar-refractivity contribution in [2.75, 3.05) is 0 Å². The molecule has 0 fully saturated rings. The van der Waals surface area contributed by atoms with Gasteiger partial charge in [0.1, 0.15) is 4.88 Å². The standard InChI is InChI=1S/C13H16N2O2S/c1-4-8-12(9(5-2)15(3)14-8)10-6-7-11(18-10)13(16)17/h6-7H,4-5H2,1-3H3,(H,16,17). The third-order valence-corrected chi connectivity index (χ3v) is 4.06. The lowest BCUT2D eigenvalue weighted by atomic mass is 10.1. The van der Waals surface area contributed by atoms with E-state index in [0.717, 1.165) is 34.7 Å². The highest BCUT2D eigenvalue weighted by Gasteiger charge is 2.18. The minimum atomic E-state index is -0.869. The van der Waals surface area contributed by atoms with E-state index >= 15 is 0 Å². The summed E-state index contributed by atoms with van der Waals surface area (Å²) in [5.74, 6) is -0.869. The molecule has 0 atom stereocenters. The van der Waals surface area contributed by atoms with Gasteiger partial charge >= 0.3 is 5.97 Å². The van der Waals surface area contributed by atoms with E-state index in [4.69, 9.17) is 5.11 Å². The van der Waals surface area contributed by atoms with Gasteiger partial charge in [-0.1, -0.05) is 13.8 Å². The molecule has 5 heteroatoms. The normalized spacial score (nSPS) is 10.8. The van der Waals surface area contributed by atoms with Gasteiger partial charge in [-0.3, -0.25) is 4.68 Å². The highest BCUT2D eigenvalue weighted by Crippen LogP contribution is 2.33. The number of hydrogen-bond donors (Lipinski definition) is 1. The van der Waals surface area contributed by atoms with E-state index < -0.39 is 5.97 Å². The molecule has 0 radical (unpaired) electrons. The van der Waals surface area contributed by atoms with Gasteiger partial charge in [0.05, 0.1) is 5.69 Å². The SMILES string of the molecule is CCc1nn(C)c(CC)c1-c1ccc(C(=O)O)s1. The fourth-order valence-corrected chi connectivity index (χ4v) is 3.08. The zero-order chi connectivity index (χ0) is 13.3. The van der Waals surface area contributed by atoms with Crippen LogP contribution in [-0.2, 0) is 19.9 Å². The first-order chi connectivity index (χ1) is 8.58. The van der Waals surface area contributed by atoms with Gasteiger partial charge in [0.2, 0.25) is 0 Å². The van der Waals surface area contributed by atoms with Crippen molar-refractivity contribution < 1.29 is 9.90 Å². The maximum absolute atomic E-state index is 10.9. The van der Waals surface area contributed by atoms with Crippen LogP contribution in [0.2, 0.25) is 0 Å². The molecule has 0 bridgehead atoms. The van der Waals surface area contributed by atoms with Crippen molar-refractivity contribution in [3.8, 4) is 10.4 Å². The molecule has 2 rings (SSSR count). The Morgan fingerprint density at radius 1 is 1.39 bits per heavy atom. The molecule has 0 unspecified atom stereocenters. The number of carbonyl (C=O) groups is 1. The van der Waals surface area contributed by atoms with E-state index in [0.29, 0.717) is 4.88 Å². The van der Waals surface area contributed by atoms with Crippen LogP contribution in [0.25, 0.3) is 10.4 Å². The first-order valence-electron chi connectivity index (χ1n) is 5.96. The molecule has 0 aliphatic heterocycles. The summed E-state index contributed by atoms with van der Waals surface area (Å²) in [5.41, 5.74) is 3.30. The first kappa shape index (κ1) is 12.8. The van der Waals surface area contributed by atoms with Crippen molar-refractivity contribution in [1.82, 2.24) is 9.78 Å². The summed E-state index contributed by atoms with van der Waals surface area (Å²) in [6.45, 7) is 4.16. The van der Waals surface area contributed by atoms with Gasteiger partial charge in [0, 0.05) is 23.2 Å². The fraction of sp³-hybridized carbons (Fsp3) is 0.385. The number of carboxylic acids is 1. The fourth-order valence-electron chi connectivity index (χ4n) is 2.14. The molecule has 1 N–H and O–H groups in total. The highest BCUT2D eigenvalue weighted by atomic mass is 32.1. The lowest BCUT2D eigenvalue weighted by Gasteiger charge is -2.01. The summed E-state index contributed by atoms with van der Waals surface area (Å²) in [5, 5.41) is 13.5. The van der Waals surface area contributed by atoms with Crippen molar-refractivity contribution in [3.05, 3.63) is 28.4 Å². The van der Waals surface area contributed by atoms with Crippen molar-refractivity contribution in [2.45, 2.75) is 26.7 Å². The van der Waals surface area contributed by atoms with E-state index in [1.54, 1.807) is 6.07 Å². The Morgan fingerprint density at radius 3 is 2.61 bits per heavy atom. The first-order valence-corrected chi connectivity index (χ1v) is 6.78. The van der Waals surface area contributed by atoms with E-state index in [1.807, 2.05) is 17.8 Å². The lowest BCUT2D eigenvalue weighted by molar-refractivity contribution is 0.0702. The number of aromatic carboxylic acids is 1. The van der Waals surface area contributed by atoms with Crippen LogP contribution in [0.4, 0.5) is 0 Å². The summed E-state index contributed by atoms with van der Waals surface area (Å²) in [4.78, 5) is 12.3. The summed E-state index contributed by atoms with van der Waals surface area (Å²) in [6.07, 6.45) is 1.74. The van der Waals surface area contributed by atoms with Crippen LogP contribution in [0, 0.1) is 0 Å². The van der Waals surface area contributed by atoms with Crippen LogP contribution < -0.4 is 0 Å². The monoisotopic (exact) mass is 264 g/mol. The Labute approximate surface area is 110 Å². The predicted octanol–water partition coefficient (Wildman–Crippen LogP) is 2.97. The second kappa shape index (κ2) is 4.94. The van der Waals surface area contributed by atoms with Gasteiger partial charge in [0.15, 0.2) is 0 Å². The number of thiophene rings is 1. The molecule has 4 nitrogen and oxygen atoms in total. The van der Waals surface area contributed by atoms with Gasteiger partial charge in [0.25, 0.3) is 0 Å². The van der Waals surface area contributed by atoms with Crippen LogP contribution in [0.1, 0.15) is 34.9 Å². The maximum Gasteiger partial charge on any atom is 0.345 e. The Kier molecular flexibility index (Phi) is 3.52. The summed E-state index contributed by atoms with van der Waals surface area (Å²) >= 11 is 1.31. The number of carboxylic acid groups (broad SMARTS) is 1. The second-order valence-electron chi connectivity index (χ2n) is 4.07. The number of aryl methyl sites for hydroxylation is 2. The molecule has 0 saturated heterocycles. The van der Waals surface area contributed by atoms with Crippen molar-refractivity contribution in [3.63, 3.8) is 0 Å². The average molecular weight is 264 g/mol. The minimum Gasteiger partial charge on any atom is -0.477 e. The van der Waals surface area contributed by atoms with Crippen molar-refractivity contribution in [2.24, 2.45) is 7.05 Å². The Bertz CT molecular complexity index is 584. The molecule has 2 aromatic heterocycles. The van der Waals surface area contributed by atoms with Gasteiger partial charge in [-0.15, -0.1) is 11.3 Å². The van der Waals surface area contributed by atoms with Gasteiger partial charge in [-0.25, -0.2) is 4.79 Å². The Morgan fingerprint density at radius 2 is 2.11 bits per heavy atom. The molecule has 96 valence electrons. The predicted molar refractivity (Wildman–Crippen MR) is 72.2 cm³/mol. The number of nitrogens with zero attached hydrogens (tertiary/aromatic N) is 2. The summed E-state index contributed by atoms with van der Waals surface area (Å²) in [7, 11) is 1.94. The molecule has 0 aliphatic rings. The van der Waals surface area contributed by atoms with Gasteiger partial charge in [-0.2, -0.15) is 5.10 Å². The van der Waals surface area contributed by atoms with Crippen molar-refractivity contribution in [1.29, 1.82) is 0 Å². The molecule has 18 heavy (non-hydrogen) atoms. The zero-order valence-corrected chi connectivity index (χ0v) is 11.5. The molecular weight excluding hydrogens is 248 g/mol. The van der Waals surface area contributed by atoms with Gasteiger partial charge < -0.3 is 5.11 Å². The van der Waals surface area contributed by atoms with Crippen LogP contribution in [0.3, 0.4) is 0 Å². The molecule has 0 saturated carbocycles. The number of hydrogen-bond acceptors (Lipinski definition) is 3. The summed E-state index contributed by atoms with van der Waals surface area (Å²) in [6, 6.07) is 3.54. The van der Waals surface area contributed by atoms with E-state index in [-0.39, 0.29) is 0 Å². The molecule has 0 aliphatic carbocycles. The van der Waals surface area contributed by atoms with Crippen LogP contribution in [-0.4, -0.2) is 20.9 Å². The van der Waals surface area contributed by atoms with E-state index in [2.05, 4.69) is 18.9 Å². The van der Waals surface area contributed by atoms with Gasteiger partial charge in [-0.05, 0) is 25.0 Å². The Hall–Kier alpha value is -1.62. The smallest absolute Gasteiger partial charge is 0.345 e. The average Bonchev–Trinajstić information content (AvgIpc) is 2.92. The number of aromatic nitrogens is 2. The third-order valence-electron chi connectivity index (χ3n) is 2.97. The molecular formula is C13H16N2O2S. The highest BCUT2D eigenvalue weighted by molar-refractivity contribution is 7.17. The van der Waals surface area contributed by atoms with Crippen molar-refractivity contribution >= 4 is 17.3 Å². The quantitative estimate of drug-likeness (QED) is 0.923. The number of rotatable bonds is 4. The minimum absolute atomic E-state index is 0.373. The molecule has 0 aromatic carbocycles. The van der Waals surface area contributed by atoms with Crippen LogP contribution in [0.5, 0.6) is 0 Å².